The topological polar surface area (TPSA) is 94.2 Å². The molecule has 0 saturated heterocycles. The minimum atomic E-state index is -4.54. The maximum Gasteiger partial charge on any atom is 0.417 e. The number of aromatic nitrogens is 1. The van der Waals surface area contributed by atoms with Crippen molar-refractivity contribution in [2.45, 2.75) is 6.18 Å². The van der Waals surface area contributed by atoms with Gasteiger partial charge in [0.2, 0.25) is 10.0 Å². The van der Waals surface area contributed by atoms with E-state index in [4.69, 9.17) is 5.73 Å². The zero-order valence-corrected chi connectivity index (χ0v) is 18.0. The maximum absolute atomic E-state index is 13.5. The summed E-state index contributed by atoms with van der Waals surface area (Å²) in [7, 11) is -3.55. The zero-order chi connectivity index (χ0) is 24.0. The van der Waals surface area contributed by atoms with Crippen molar-refractivity contribution in [2.75, 3.05) is 11.0 Å². The van der Waals surface area contributed by atoms with Crippen LogP contribution >= 0.6 is 0 Å². The first-order valence-corrected chi connectivity index (χ1v) is 11.5. The summed E-state index contributed by atoms with van der Waals surface area (Å²) in [6.07, 6.45) is -3.54. The highest BCUT2D eigenvalue weighted by molar-refractivity contribution is 7.92. The normalized spacial score (nSPS) is 12.1. The van der Waals surface area contributed by atoms with Crippen molar-refractivity contribution in [3.63, 3.8) is 0 Å². The van der Waals surface area contributed by atoms with Crippen molar-refractivity contribution in [2.24, 2.45) is 5.73 Å². The molecule has 3 N–H and O–H groups in total. The second-order valence-electron chi connectivity index (χ2n) is 7.47. The van der Waals surface area contributed by atoms with Crippen LogP contribution in [0.15, 0.2) is 72.8 Å². The summed E-state index contributed by atoms with van der Waals surface area (Å²) in [4.78, 5) is 12.2. The van der Waals surface area contributed by atoms with Crippen molar-refractivity contribution in [3.05, 3.63) is 84.1 Å². The van der Waals surface area contributed by atoms with E-state index in [2.05, 4.69) is 4.72 Å². The van der Waals surface area contributed by atoms with E-state index in [9.17, 15) is 26.4 Å². The molecule has 4 aromatic rings. The maximum atomic E-state index is 13.5. The molecule has 33 heavy (non-hydrogen) atoms. The van der Waals surface area contributed by atoms with Crippen LogP contribution in [0.4, 0.5) is 18.9 Å². The average Bonchev–Trinajstić information content (AvgIpc) is 3.11. The number of alkyl halides is 3. The number of nitrogens with one attached hydrogen (secondary N) is 1. The van der Waals surface area contributed by atoms with E-state index in [0.29, 0.717) is 22.2 Å². The lowest BCUT2D eigenvalue weighted by molar-refractivity contribution is -0.137. The number of nitrogens with two attached hydrogens (primary N) is 1. The summed E-state index contributed by atoms with van der Waals surface area (Å²) >= 11 is 0. The molecule has 0 aliphatic rings. The molecule has 4 rings (SSSR count). The Morgan fingerprint density at radius 3 is 2.36 bits per heavy atom. The lowest BCUT2D eigenvalue weighted by Crippen LogP contribution is -2.16. The predicted octanol–water partition coefficient (Wildman–Crippen LogP) is 4.79. The fraction of sp³-hybridized carbons (Fsp3) is 0.0870. The second-order valence-corrected chi connectivity index (χ2v) is 9.22. The van der Waals surface area contributed by atoms with Gasteiger partial charge in [0, 0.05) is 11.1 Å². The summed E-state index contributed by atoms with van der Waals surface area (Å²) in [6, 6.07) is 17.7. The van der Waals surface area contributed by atoms with Gasteiger partial charge in [0.15, 0.2) is 0 Å². The van der Waals surface area contributed by atoms with Gasteiger partial charge < -0.3 is 10.3 Å². The number of amides is 1. The fourth-order valence-corrected chi connectivity index (χ4v) is 4.29. The van der Waals surface area contributed by atoms with Gasteiger partial charge in [-0.05, 0) is 47.5 Å². The fourth-order valence-electron chi connectivity index (χ4n) is 3.73. The van der Waals surface area contributed by atoms with Gasteiger partial charge in [-0.15, -0.1) is 0 Å². The number of rotatable bonds is 5. The molecule has 6 nitrogen and oxygen atoms in total. The minimum absolute atomic E-state index is 0.0108. The molecule has 0 spiro atoms. The minimum Gasteiger partial charge on any atom is -0.364 e. The molecule has 0 fully saturated rings. The molecule has 10 heteroatoms. The molecule has 0 atom stereocenters. The number of sulfonamides is 1. The summed E-state index contributed by atoms with van der Waals surface area (Å²) in [6.45, 7) is 0. The van der Waals surface area contributed by atoms with Crippen LogP contribution in [0.3, 0.4) is 0 Å². The zero-order valence-electron chi connectivity index (χ0n) is 17.2. The van der Waals surface area contributed by atoms with E-state index >= 15 is 0 Å². The largest absolute Gasteiger partial charge is 0.417 e. The van der Waals surface area contributed by atoms with Gasteiger partial charge in [-0.25, -0.2) is 8.42 Å². The van der Waals surface area contributed by atoms with E-state index in [1.165, 1.54) is 47.0 Å². The first-order valence-electron chi connectivity index (χ1n) is 9.64. The van der Waals surface area contributed by atoms with Crippen LogP contribution in [0.25, 0.3) is 27.7 Å². The van der Waals surface area contributed by atoms with Gasteiger partial charge in [0.05, 0.1) is 23.0 Å². The molecule has 0 aliphatic carbocycles. The van der Waals surface area contributed by atoms with Gasteiger partial charge in [0.25, 0.3) is 5.91 Å². The Morgan fingerprint density at radius 2 is 1.70 bits per heavy atom. The van der Waals surface area contributed by atoms with Crippen molar-refractivity contribution in [3.8, 4) is 16.8 Å². The van der Waals surface area contributed by atoms with E-state index < -0.39 is 27.7 Å². The Hall–Kier alpha value is -3.79. The number of hydrogen-bond acceptors (Lipinski definition) is 3. The SMILES string of the molecule is CS(=O)(=O)Nc1ccc2cc(C(N)=O)n(-c3cccc(-c4ccccc4C(F)(F)F)c3)c2c1. The number of primary amides is 1. The molecular formula is C23H18F3N3O3S. The molecule has 0 bridgehead atoms. The summed E-state index contributed by atoms with van der Waals surface area (Å²) in [5, 5.41) is 0.601. The predicted molar refractivity (Wildman–Crippen MR) is 121 cm³/mol. The van der Waals surface area contributed by atoms with Crippen LogP contribution in [0.2, 0.25) is 0 Å². The highest BCUT2D eigenvalue weighted by Gasteiger charge is 2.33. The van der Waals surface area contributed by atoms with Crippen molar-refractivity contribution in [1.82, 2.24) is 4.57 Å². The van der Waals surface area contributed by atoms with E-state index in [-0.39, 0.29) is 16.9 Å². The molecular weight excluding hydrogens is 455 g/mol. The molecule has 0 radical (unpaired) electrons. The molecule has 0 unspecified atom stereocenters. The number of carbonyl (C=O) groups excluding carboxylic acids is 1. The number of benzene rings is 3. The summed E-state index contributed by atoms with van der Waals surface area (Å²) in [5.74, 6) is -0.745. The highest BCUT2D eigenvalue weighted by Crippen LogP contribution is 2.38. The van der Waals surface area contributed by atoms with E-state index in [0.717, 1.165) is 12.3 Å². The molecule has 0 saturated carbocycles. The molecule has 1 heterocycles. The lowest BCUT2D eigenvalue weighted by Gasteiger charge is -2.15. The molecule has 1 amide bonds. The third-order valence-corrected chi connectivity index (χ3v) is 5.61. The second kappa shape index (κ2) is 7.96. The van der Waals surface area contributed by atoms with Gasteiger partial charge in [-0.2, -0.15) is 13.2 Å². The van der Waals surface area contributed by atoms with Gasteiger partial charge >= 0.3 is 6.18 Å². The first kappa shape index (κ1) is 22.4. The Morgan fingerprint density at radius 1 is 0.970 bits per heavy atom. The highest BCUT2D eigenvalue weighted by atomic mass is 32.2. The molecule has 170 valence electrons. The third kappa shape index (κ3) is 4.56. The van der Waals surface area contributed by atoms with Crippen LogP contribution in [0, 0.1) is 0 Å². The van der Waals surface area contributed by atoms with Gasteiger partial charge in [0.1, 0.15) is 5.69 Å². The van der Waals surface area contributed by atoms with E-state index in [1.54, 1.807) is 24.3 Å². The average molecular weight is 473 g/mol. The third-order valence-electron chi connectivity index (χ3n) is 5.01. The number of hydrogen-bond donors (Lipinski definition) is 2. The first-order chi connectivity index (χ1) is 15.4. The van der Waals surface area contributed by atoms with Crippen LogP contribution < -0.4 is 10.5 Å². The Kier molecular flexibility index (Phi) is 5.41. The van der Waals surface area contributed by atoms with Crippen molar-refractivity contribution >= 4 is 32.5 Å². The number of halogens is 3. The number of anilines is 1. The number of fused-ring (bicyclic) bond motifs is 1. The van der Waals surface area contributed by atoms with E-state index in [1.807, 2.05) is 0 Å². The molecule has 1 aromatic heterocycles. The van der Waals surface area contributed by atoms with Gasteiger partial charge in [-0.1, -0.05) is 36.4 Å². The Bertz CT molecular complexity index is 1490. The smallest absolute Gasteiger partial charge is 0.364 e. The van der Waals surface area contributed by atoms with Gasteiger partial charge in [-0.3, -0.25) is 9.52 Å². The van der Waals surface area contributed by atoms with Crippen molar-refractivity contribution in [1.29, 1.82) is 0 Å². The number of nitrogens with zero attached hydrogens (tertiary/aromatic N) is 1. The van der Waals surface area contributed by atoms with Crippen molar-refractivity contribution < 1.29 is 26.4 Å². The van der Waals surface area contributed by atoms with Crippen LogP contribution in [-0.2, 0) is 16.2 Å². The number of carbonyl (C=O) groups is 1. The lowest BCUT2D eigenvalue weighted by atomic mass is 9.99. The monoisotopic (exact) mass is 473 g/mol. The van der Waals surface area contributed by atoms with Crippen LogP contribution in [0.5, 0.6) is 0 Å². The Balaban J connectivity index is 1.94. The standard InChI is InChI=1S/C23H18F3N3O3S/c1-33(31,32)28-16-10-9-15-12-21(22(27)30)29(20(15)13-16)17-6-4-5-14(11-17)18-7-2-3-8-19(18)23(24,25)26/h2-13,28H,1H3,(H2,27,30). The quantitative estimate of drug-likeness (QED) is 0.437. The van der Waals surface area contributed by atoms with Crippen LogP contribution in [-0.4, -0.2) is 25.1 Å². The molecule has 3 aromatic carbocycles. The summed E-state index contributed by atoms with van der Waals surface area (Å²) < 4.78 is 67.8. The molecule has 0 aliphatic heterocycles. The summed E-state index contributed by atoms with van der Waals surface area (Å²) in [5.41, 5.74) is 6.28. The Labute approximate surface area is 187 Å². The van der Waals surface area contributed by atoms with Crippen LogP contribution in [0.1, 0.15) is 16.1 Å².